The fourth-order valence-corrected chi connectivity index (χ4v) is 4.47. The van der Waals surface area contributed by atoms with E-state index in [-0.39, 0.29) is 10.6 Å². The zero-order chi connectivity index (χ0) is 19.3. The van der Waals surface area contributed by atoms with Gasteiger partial charge in [-0.3, -0.25) is 5.32 Å². The molecule has 0 aromatic heterocycles. The summed E-state index contributed by atoms with van der Waals surface area (Å²) in [6.07, 6.45) is 2.01. The van der Waals surface area contributed by atoms with Gasteiger partial charge in [-0.2, -0.15) is 4.31 Å². The van der Waals surface area contributed by atoms with E-state index in [1.165, 1.54) is 29.6 Å². The predicted octanol–water partition coefficient (Wildman–Crippen LogP) is 3.48. The summed E-state index contributed by atoms with van der Waals surface area (Å²) in [5.41, 5.74) is 0.233. The number of benzene rings is 2. The molecule has 2 aromatic carbocycles. The Labute approximate surface area is 158 Å². The molecule has 0 bridgehead atoms. The number of anilines is 1. The molecule has 1 aliphatic heterocycles. The van der Waals surface area contributed by atoms with Gasteiger partial charge in [0.25, 0.3) is 0 Å². The average Bonchev–Trinajstić information content (AvgIpc) is 2.69. The number of carbonyl (C=O) groups is 1. The first-order valence-electron chi connectivity index (χ1n) is 8.73. The second-order valence-electron chi connectivity index (χ2n) is 6.15. The highest BCUT2D eigenvalue weighted by Crippen LogP contribution is 2.30. The van der Waals surface area contributed by atoms with Gasteiger partial charge in [0.1, 0.15) is 11.5 Å². The summed E-state index contributed by atoms with van der Waals surface area (Å²) in [4.78, 5) is 12.3. The first-order chi connectivity index (χ1) is 13.0. The molecule has 27 heavy (non-hydrogen) atoms. The van der Waals surface area contributed by atoms with Crippen molar-refractivity contribution in [3.63, 3.8) is 0 Å². The van der Waals surface area contributed by atoms with Crippen molar-refractivity contribution in [2.75, 3.05) is 25.5 Å². The van der Waals surface area contributed by atoms with E-state index in [4.69, 9.17) is 9.47 Å². The van der Waals surface area contributed by atoms with Crippen LogP contribution in [-0.2, 0) is 10.0 Å². The maximum absolute atomic E-state index is 12.9. The molecule has 2 aromatic rings. The van der Waals surface area contributed by atoms with E-state index >= 15 is 0 Å². The number of piperidine rings is 1. The summed E-state index contributed by atoms with van der Waals surface area (Å²) in [5.74, 6) is 0.726. The van der Waals surface area contributed by atoms with Crippen LogP contribution in [0.3, 0.4) is 0 Å². The Hall–Kier alpha value is -2.58. The molecule has 8 heteroatoms. The van der Waals surface area contributed by atoms with E-state index in [0.717, 1.165) is 19.3 Å². The van der Waals surface area contributed by atoms with Crippen LogP contribution in [0.15, 0.2) is 53.4 Å². The SMILES string of the molecule is COc1ccc(S(=O)(=O)N2CCCCC2)cc1NC(=O)Oc1ccccc1. The van der Waals surface area contributed by atoms with Crippen LogP contribution in [-0.4, -0.2) is 39.0 Å². The third-order valence-electron chi connectivity index (χ3n) is 4.31. The maximum Gasteiger partial charge on any atom is 0.417 e. The van der Waals surface area contributed by atoms with Gasteiger partial charge in [-0.25, -0.2) is 13.2 Å². The lowest BCUT2D eigenvalue weighted by Crippen LogP contribution is -2.35. The molecule has 7 nitrogen and oxygen atoms in total. The minimum Gasteiger partial charge on any atom is -0.495 e. The van der Waals surface area contributed by atoms with E-state index < -0.39 is 16.1 Å². The number of ether oxygens (including phenoxy) is 2. The highest BCUT2D eigenvalue weighted by molar-refractivity contribution is 7.89. The van der Waals surface area contributed by atoms with Crippen LogP contribution in [0.5, 0.6) is 11.5 Å². The molecule has 0 aliphatic carbocycles. The maximum atomic E-state index is 12.9. The quantitative estimate of drug-likeness (QED) is 0.845. The Bertz CT molecular complexity index is 894. The van der Waals surface area contributed by atoms with Crippen LogP contribution >= 0.6 is 0 Å². The molecule has 3 rings (SSSR count). The number of nitrogens with zero attached hydrogens (tertiary/aromatic N) is 1. The van der Waals surface area contributed by atoms with E-state index in [2.05, 4.69) is 5.32 Å². The number of rotatable bonds is 5. The van der Waals surface area contributed by atoms with Gasteiger partial charge in [0.05, 0.1) is 17.7 Å². The van der Waals surface area contributed by atoms with Gasteiger partial charge in [-0.1, -0.05) is 24.6 Å². The van der Waals surface area contributed by atoms with Crippen molar-refractivity contribution >= 4 is 21.8 Å². The average molecular weight is 390 g/mol. The van der Waals surface area contributed by atoms with Crippen molar-refractivity contribution in [2.45, 2.75) is 24.2 Å². The number of amides is 1. The molecule has 0 atom stereocenters. The predicted molar refractivity (Wildman–Crippen MR) is 102 cm³/mol. The van der Waals surface area contributed by atoms with Gasteiger partial charge in [0.2, 0.25) is 10.0 Å². The lowest BCUT2D eigenvalue weighted by atomic mass is 10.2. The van der Waals surface area contributed by atoms with E-state index in [1.807, 2.05) is 6.07 Å². The van der Waals surface area contributed by atoms with Crippen LogP contribution in [0.4, 0.5) is 10.5 Å². The summed E-state index contributed by atoms with van der Waals surface area (Å²) in [6, 6.07) is 13.0. The molecule has 0 unspecified atom stereocenters. The topological polar surface area (TPSA) is 84.9 Å². The molecule has 1 fully saturated rings. The molecule has 1 amide bonds. The standard InChI is InChI=1S/C19H22N2O5S/c1-25-18-11-10-16(27(23,24)21-12-6-3-7-13-21)14-17(18)20-19(22)26-15-8-4-2-5-9-15/h2,4-5,8-11,14H,3,6-7,12-13H2,1H3,(H,20,22). The van der Waals surface area contributed by atoms with Gasteiger partial charge < -0.3 is 9.47 Å². The van der Waals surface area contributed by atoms with Gasteiger partial charge in [0, 0.05) is 13.1 Å². The van der Waals surface area contributed by atoms with Crippen molar-refractivity contribution < 1.29 is 22.7 Å². The van der Waals surface area contributed by atoms with Gasteiger partial charge in [-0.15, -0.1) is 0 Å². The monoisotopic (exact) mass is 390 g/mol. The van der Waals surface area contributed by atoms with Gasteiger partial charge in [0.15, 0.2) is 0 Å². The van der Waals surface area contributed by atoms with Crippen molar-refractivity contribution in [1.29, 1.82) is 0 Å². The first-order valence-corrected chi connectivity index (χ1v) is 10.2. The Kier molecular flexibility index (Phi) is 5.98. The third kappa shape index (κ3) is 4.58. The highest BCUT2D eigenvalue weighted by atomic mass is 32.2. The normalized spacial score (nSPS) is 15.1. The van der Waals surface area contributed by atoms with Crippen molar-refractivity contribution in [3.8, 4) is 11.5 Å². The van der Waals surface area contributed by atoms with Crippen LogP contribution in [0.25, 0.3) is 0 Å². The lowest BCUT2D eigenvalue weighted by molar-refractivity contribution is 0.215. The number of methoxy groups -OCH3 is 1. The van der Waals surface area contributed by atoms with Gasteiger partial charge in [-0.05, 0) is 43.2 Å². The number of sulfonamides is 1. The second kappa shape index (κ2) is 8.41. The van der Waals surface area contributed by atoms with Crippen molar-refractivity contribution in [3.05, 3.63) is 48.5 Å². The summed E-state index contributed by atoms with van der Waals surface area (Å²) in [7, 11) is -2.17. The van der Waals surface area contributed by atoms with Crippen LogP contribution < -0.4 is 14.8 Å². The van der Waals surface area contributed by atoms with Gasteiger partial charge >= 0.3 is 6.09 Å². The molecule has 0 spiro atoms. The highest BCUT2D eigenvalue weighted by Gasteiger charge is 2.27. The van der Waals surface area contributed by atoms with Crippen LogP contribution in [0, 0.1) is 0 Å². The summed E-state index contributed by atoms with van der Waals surface area (Å²) >= 11 is 0. The minimum absolute atomic E-state index is 0.111. The Balaban J connectivity index is 1.82. The number of nitrogens with one attached hydrogen (secondary N) is 1. The largest absolute Gasteiger partial charge is 0.495 e. The summed E-state index contributed by atoms with van der Waals surface area (Å²) < 4.78 is 37.6. The third-order valence-corrected chi connectivity index (χ3v) is 6.21. The molecule has 0 saturated carbocycles. The molecular formula is C19H22N2O5S. The molecule has 1 heterocycles. The van der Waals surface area contributed by atoms with Crippen molar-refractivity contribution in [2.24, 2.45) is 0 Å². The van der Waals surface area contributed by atoms with Crippen LogP contribution in [0.2, 0.25) is 0 Å². The van der Waals surface area contributed by atoms with E-state index in [1.54, 1.807) is 24.3 Å². The first kappa shape index (κ1) is 19.2. The molecule has 144 valence electrons. The fraction of sp³-hybridized carbons (Fsp3) is 0.316. The number of hydrogen-bond acceptors (Lipinski definition) is 5. The summed E-state index contributed by atoms with van der Waals surface area (Å²) in [6.45, 7) is 1.01. The Morgan fingerprint density at radius 1 is 1.04 bits per heavy atom. The lowest BCUT2D eigenvalue weighted by Gasteiger charge is -2.26. The zero-order valence-electron chi connectivity index (χ0n) is 15.1. The van der Waals surface area contributed by atoms with Crippen molar-refractivity contribution in [1.82, 2.24) is 4.31 Å². The van der Waals surface area contributed by atoms with E-state index in [9.17, 15) is 13.2 Å². The Morgan fingerprint density at radius 3 is 2.41 bits per heavy atom. The molecule has 1 N–H and O–H groups in total. The molecular weight excluding hydrogens is 368 g/mol. The Morgan fingerprint density at radius 2 is 1.74 bits per heavy atom. The molecule has 1 aliphatic rings. The molecule has 0 radical (unpaired) electrons. The van der Waals surface area contributed by atoms with E-state index in [0.29, 0.717) is 24.6 Å². The second-order valence-corrected chi connectivity index (χ2v) is 8.09. The number of hydrogen-bond donors (Lipinski definition) is 1. The molecule has 1 saturated heterocycles. The fourth-order valence-electron chi connectivity index (χ4n) is 2.93. The zero-order valence-corrected chi connectivity index (χ0v) is 15.9. The van der Waals surface area contributed by atoms with Crippen LogP contribution in [0.1, 0.15) is 19.3 Å². The number of carbonyl (C=O) groups excluding carboxylic acids is 1. The minimum atomic E-state index is -3.62. The number of para-hydroxylation sites is 1. The smallest absolute Gasteiger partial charge is 0.417 e. The summed E-state index contributed by atoms with van der Waals surface area (Å²) in [5, 5.41) is 2.56.